The first-order valence-corrected chi connectivity index (χ1v) is 11.1. The fourth-order valence-electron chi connectivity index (χ4n) is 3.56. The minimum absolute atomic E-state index is 0.00354. The molecule has 2 aromatic carbocycles. The Bertz CT molecular complexity index is 1050. The van der Waals surface area contributed by atoms with Crippen molar-refractivity contribution in [2.75, 3.05) is 13.2 Å². The third-order valence-electron chi connectivity index (χ3n) is 5.05. The average Bonchev–Trinajstić information content (AvgIpc) is 3.00. The molecule has 3 rings (SSSR count). The van der Waals surface area contributed by atoms with E-state index in [1.54, 1.807) is 24.3 Å². The van der Waals surface area contributed by atoms with Gasteiger partial charge in [0.15, 0.2) is 11.5 Å². The molecular formula is C25H25Cl2NO4. The van der Waals surface area contributed by atoms with Crippen LogP contribution in [0.15, 0.2) is 65.9 Å². The van der Waals surface area contributed by atoms with Gasteiger partial charge in [-0.15, -0.1) is 0 Å². The van der Waals surface area contributed by atoms with E-state index < -0.39 is 23.5 Å². The molecule has 0 radical (unpaired) electrons. The van der Waals surface area contributed by atoms with Crippen LogP contribution >= 0.6 is 23.2 Å². The van der Waals surface area contributed by atoms with Crippen LogP contribution in [-0.4, -0.2) is 41.0 Å². The van der Waals surface area contributed by atoms with E-state index >= 15 is 0 Å². The molecule has 1 aliphatic rings. The molecule has 1 N–H and O–H groups in total. The lowest BCUT2D eigenvalue weighted by molar-refractivity contribution is -0.129. The summed E-state index contributed by atoms with van der Waals surface area (Å²) in [6.45, 7) is 4.60. The molecule has 7 heteroatoms. The molecule has 0 unspecified atom stereocenters. The number of aliphatic hydroxyl groups is 1. The van der Waals surface area contributed by atoms with Crippen LogP contribution in [0.25, 0.3) is 6.08 Å². The summed E-state index contributed by atoms with van der Waals surface area (Å²) in [6.07, 6.45) is 3.61. The number of carbonyl (C=O) groups excluding carboxylic acids is 2. The molecule has 0 saturated carbocycles. The van der Waals surface area contributed by atoms with Crippen molar-refractivity contribution in [3.05, 3.63) is 87.1 Å². The molecule has 32 heavy (non-hydrogen) atoms. The van der Waals surface area contributed by atoms with Gasteiger partial charge in [-0.3, -0.25) is 9.59 Å². The fourth-order valence-corrected chi connectivity index (χ4v) is 4.07. The van der Waals surface area contributed by atoms with E-state index in [1.807, 2.05) is 44.2 Å². The van der Waals surface area contributed by atoms with Crippen molar-refractivity contribution >= 4 is 41.0 Å². The highest BCUT2D eigenvalue weighted by molar-refractivity contribution is 6.35. The Morgan fingerprint density at radius 1 is 1.19 bits per heavy atom. The van der Waals surface area contributed by atoms with Gasteiger partial charge in [0.2, 0.25) is 0 Å². The van der Waals surface area contributed by atoms with Crippen LogP contribution in [0.2, 0.25) is 10.0 Å². The second-order valence-electron chi connectivity index (χ2n) is 7.71. The molecule has 1 atom stereocenters. The van der Waals surface area contributed by atoms with Gasteiger partial charge in [-0.05, 0) is 49.6 Å². The lowest BCUT2D eigenvalue weighted by Gasteiger charge is -2.27. The van der Waals surface area contributed by atoms with Crippen LogP contribution in [0.3, 0.4) is 0 Å². The number of ketones is 1. The number of ether oxygens (including phenoxy) is 1. The van der Waals surface area contributed by atoms with Gasteiger partial charge in [-0.25, -0.2) is 0 Å². The summed E-state index contributed by atoms with van der Waals surface area (Å²) < 4.78 is 5.57. The van der Waals surface area contributed by atoms with Crippen molar-refractivity contribution < 1.29 is 19.4 Å². The number of nitrogens with zero attached hydrogens (tertiary/aromatic N) is 1. The van der Waals surface area contributed by atoms with E-state index in [0.717, 1.165) is 5.56 Å². The predicted octanol–water partition coefficient (Wildman–Crippen LogP) is 5.79. The Labute approximate surface area is 197 Å². The Kier molecular flexibility index (Phi) is 8.13. The van der Waals surface area contributed by atoms with E-state index in [1.165, 1.54) is 11.0 Å². The molecule has 0 bridgehead atoms. The second-order valence-corrected chi connectivity index (χ2v) is 8.55. The minimum Gasteiger partial charge on any atom is -0.503 e. The molecule has 168 valence electrons. The Balaban J connectivity index is 1.94. The number of hydrogen-bond donors (Lipinski definition) is 1. The van der Waals surface area contributed by atoms with Crippen LogP contribution in [0.1, 0.15) is 37.4 Å². The van der Waals surface area contributed by atoms with Gasteiger partial charge in [0, 0.05) is 23.2 Å². The maximum Gasteiger partial charge on any atom is 0.290 e. The smallest absolute Gasteiger partial charge is 0.290 e. The van der Waals surface area contributed by atoms with Gasteiger partial charge in [-0.1, -0.05) is 65.7 Å². The average molecular weight is 474 g/mol. The first kappa shape index (κ1) is 24.1. The van der Waals surface area contributed by atoms with E-state index in [4.69, 9.17) is 27.9 Å². The Morgan fingerprint density at radius 3 is 2.56 bits per heavy atom. The number of halogens is 2. The molecule has 5 nitrogen and oxygen atoms in total. The van der Waals surface area contributed by atoms with Crippen molar-refractivity contribution in [2.45, 2.75) is 32.4 Å². The van der Waals surface area contributed by atoms with Crippen molar-refractivity contribution in [2.24, 2.45) is 0 Å². The second kappa shape index (κ2) is 10.8. The topological polar surface area (TPSA) is 66.8 Å². The van der Waals surface area contributed by atoms with Crippen LogP contribution < -0.4 is 0 Å². The molecule has 0 saturated heterocycles. The summed E-state index contributed by atoms with van der Waals surface area (Å²) in [5.41, 5.74) is 1.35. The molecule has 0 aromatic heterocycles. The summed E-state index contributed by atoms with van der Waals surface area (Å²) in [6, 6.07) is 13.4. The Morgan fingerprint density at radius 2 is 1.91 bits per heavy atom. The lowest BCUT2D eigenvalue weighted by Crippen LogP contribution is -2.32. The number of hydrogen-bond acceptors (Lipinski definition) is 4. The zero-order valence-corrected chi connectivity index (χ0v) is 19.4. The zero-order valence-electron chi connectivity index (χ0n) is 17.9. The van der Waals surface area contributed by atoms with Gasteiger partial charge in [-0.2, -0.15) is 0 Å². The highest BCUT2D eigenvalue weighted by Crippen LogP contribution is 2.41. The SMILES string of the molecule is CC(C)OCCCN1C(=O)C(O)=C(C(=O)/C=C/c2ccccc2)[C@H]1c1ccc(Cl)cc1Cl. The van der Waals surface area contributed by atoms with Gasteiger partial charge < -0.3 is 14.7 Å². The number of amides is 1. The summed E-state index contributed by atoms with van der Waals surface area (Å²) in [7, 11) is 0. The molecule has 1 heterocycles. The van der Waals surface area contributed by atoms with Crippen LogP contribution in [0, 0.1) is 0 Å². The van der Waals surface area contributed by atoms with Crippen molar-refractivity contribution in [1.82, 2.24) is 4.90 Å². The summed E-state index contributed by atoms with van der Waals surface area (Å²) in [5.74, 6) is -1.63. The third-order valence-corrected chi connectivity index (χ3v) is 5.61. The van der Waals surface area contributed by atoms with Crippen molar-refractivity contribution in [3.63, 3.8) is 0 Å². The zero-order chi connectivity index (χ0) is 23.3. The maximum atomic E-state index is 13.1. The van der Waals surface area contributed by atoms with E-state index in [2.05, 4.69) is 0 Å². The summed E-state index contributed by atoms with van der Waals surface area (Å²) >= 11 is 12.5. The normalized spacial score (nSPS) is 16.6. The molecule has 0 fully saturated rings. The van der Waals surface area contributed by atoms with Crippen LogP contribution in [0.5, 0.6) is 0 Å². The standard InChI is InChI=1S/C25H25Cl2NO4/c1-16(2)32-14-6-13-28-23(19-11-10-18(26)15-20(19)27)22(24(30)25(28)31)21(29)12-9-17-7-4-3-5-8-17/h3-5,7-12,15-16,23,30H,6,13-14H2,1-2H3/b12-9+/t23-/m1/s1. The van der Waals surface area contributed by atoms with Gasteiger partial charge in [0.25, 0.3) is 5.91 Å². The number of aliphatic hydroxyl groups excluding tert-OH is 1. The van der Waals surface area contributed by atoms with E-state index in [-0.39, 0.29) is 11.7 Å². The van der Waals surface area contributed by atoms with Gasteiger partial charge in [0.05, 0.1) is 17.7 Å². The van der Waals surface area contributed by atoms with E-state index in [9.17, 15) is 14.7 Å². The van der Waals surface area contributed by atoms with E-state index in [0.29, 0.717) is 35.2 Å². The quantitative estimate of drug-likeness (QED) is 0.369. The first-order valence-electron chi connectivity index (χ1n) is 10.4. The Hall–Kier alpha value is -2.60. The summed E-state index contributed by atoms with van der Waals surface area (Å²) in [4.78, 5) is 27.5. The van der Waals surface area contributed by atoms with Crippen LogP contribution in [0.4, 0.5) is 0 Å². The molecule has 1 aliphatic heterocycles. The highest BCUT2D eigenvalue weighted by Gasteiger charge is 2.43. The molecule has 0 spiro atoms. The molecular weight excluding hydrogens is 449 g/mol. The maximum absolute atomic E-state index is 13.1. The fraction of sp³-hybridized carbons (Fsp3) is 0.280. The first-order chi connectivity index (χ1) is 15.3. The molecule has 1 amide bonds. The highest BCUT2D eigenvalue weighted by atomic mass is 35.5. The van der Waals surface area contributed by atoms with Gasteiger partial charge in [0.1, 0.15) is 0 Å². The molecule has 2 aromatic rings. The number of carbonyl (C=O) groups is 2. The number of allylic oxidation sites excluding steroid dienone is 1. The monoisotopic (exact) mass is 473 g/mol. The predicted molar refractivity (Wildman–Crippen MR) is 127 cm³/mol. The number of rotatable bonds is 9. The van der Waals surface area contributed by atoms with Crippen molar-refractivity contribution in [3.8, 4) is 0 Å². The third kappa shape index (κ3) is 5.60. The largest absolute Gasteiger partial charge is 0.503 e. The van der Waals surface area contributed by atoms with Gasteiger partial charge >= 0.3 is 0 Å². The lowest BCUT2D eigenvalue weighted by atomic mass is 9.95. The summed E-state index contributed by atoms with van der Waals surface area (Å²) in [5, 5.41) is 11.4. The van der Waals surface area contributed by atoms with Crippen molar-refractivity contribution in [1.29, 1.82) is 0 Å². The molecule has 0 aliphatic carbocycles. The van der Waals surface area contributed by atoms with Crippen LogP contribution in [-0.2, 0) is 14.3 Å². The number of benzene rings is 2. The minimum atomic E-state index is -0.820.